The number of phenolic OH excluding ortho intramolecular Hbond substituents is 2. The van der Waals surface area contributed by atoms with Gasteiger partial charge in [-0.15, -0.1) is 0 Å². The molecule has 0 fully saturated rings. The first-order valence-corrected chi connectivity index (χ1v) is 9.43. The van der Waals surface area contributed by atoms with Gasteiger partial charge in [-0.05, 0) is 30.9 Å². The maximum atomic E-state index is 12.5. The first kappa shape index (κ1) is 22.3. The number of halogens is 1. The van der Waals surface area contributed by atoms with Crippen LogP contribution in [0.2, 0.25) is 5.02 Å². The van der Waals surface area contributed by atoms with Crippen molar-refractivity contribution < 1.29 is 29.4 Å². The van der Waals surface area contributed by atoms with Crippen molar-refractivity contribution in [1.29, 1.82) is 0 Å². The molecule has 0 saturated carbocycles. The van der Waals surface area contributed by atoms with Gasteiger partial charge in [-0.2, -0.15) is 0 Å². The van der Waals surface area contributed by atoms with Crippen molar-refractivity contribution in [3.05, 3.63) is 46.5 Å². The van der Waals surface area contributed by atoms with Crippen LogP contribution in [0.1, 0.15) is 35.2 Å². The molecule has 1 aliphatic rings. The van der Waals surface area contributed by atoms with E-state index >= 15 is 0 Å². The first-order chi connectivity index (χ1) is 13.9. The van der Waals surface area contributed by atoms with Crippen molar-refractivity contribution in [3.63, 3.8) is 0 Å². The number of carbonyl (C=O) groups is 2. The number of likely N-dealkylation sites (N-methyl/N-ethyl adjacent to an activating group) is 1. The monoisotopic (exact) mass is 422 g/mol. The minimum atomic E-state index is -0.764. The fourth-order valence-electron chi connectivity index (χ4n) is 2.57. The molecule has 156 valence electrons. The molecule has 0 unspecified atom stereocenters. The lowest BCUT2D eigenvalue weighted by Gasteiger charge is -2.14. The van der Waals surface area contributed by atoms with Gasteiger partial charge in [-0.25, -0.2) is 4.79 Å². The zero-order valence-corrected chi connectivity index (χ0v) is 16.7. The molecule has 2 rings (SSSR count). The minimum Gasteiger partial charge on any atom is -0.507 e. The maximum Gasteiger partial charge on any atom is 0.342 e. The Morgan fingerprint density at radius 1 is 1.24 bits per heavy atom. The Morgan fingerprint density at radius 3 is 2.72 bits per heavy atom. The molecule has 0 aromatic heterocycles. The summed E-state index contributed by atoms with van der Waals surface area (Å²) in [6.07, 6.45) is 9.44. The smallest absolute Gasteiger partial charge is 0.342 e. The fraction of sp³-hybridized carbons (Fsp3) is 0.350. The molecule has 1 aliphatic heterocycles. The van der Waals surface area contributed by atoms with Crippen LogP contribution in [-0.4, -0.2) is 48.1 Å². The predicted molar refractivity (Wildman–Crippen MR) is 108 cm³/mol. The van der Waals surface area contributed by atoms with E-state index in [2.05, 4.69) is 10.5 Å². The average molecular weight is 423 g/mol. The summed E-state index contributed by atoms with van der Waals surface area (Å²) in [6, 6.07) is 0.986. The molecule has 0 atom stereocenters. The van der Waals surface area contributed by atoms with Gasteiger partial charge in [0.25, 0.3) is 5.91 Å². The predicted octanol–water partition coefficient (Wildman–Crippen LogP) is 2.87. The topological polar surface area (TPSA) is 117 Å². The van der Waals surface area contributed by atoms with Gasteiger partial charge in [0.2, 0.25) is 0 Å². The molecular formula is C20H23ClN2O6. The van der Waals surface area contributed by atoms with Gasteiger partial charge in [0, 0.05) is 19.5 Å². The van der Waals surface area contributed by atoms with Gasteiger partial charge in [-0.3, -0.25) is 4.79 Å². The van der Waals surface area contributed by atoms with Gasteiger partial charge < -0.3 is 25.1 Å². The van der Waals surface area contributed by atoms with Crippen LogP contribution in [-0.2, 0) is 20.8 Å². The van der Waals surface area contributed by atoms with E-state index in [1.165, 1.54) is 7.05 Å². The number of cyclic esters (lactones) is 1. The van der Waals surface area contributed by atoms with Gasteiger partial charge in [-0.1, -0.05) is 35.0 Å². The molecule has 1 aromatic rings. The number of oxime groups is 1. The number of hydrogen-bond donors (Lipinski definition) is 3. The number of rotatable bonds is 3. The van der Waals surface area contributed by atoms with E-state index < -0.39 is 11.7 Å². The number of nitrogens with zero attached hydrogens (tertiary/aromatic N) is 1. The van der Waals surface area contributed by atoms with Crippen LogP contribution in [0.5, 0.6) is 11.5 Å². The Hall–Kier alpha value is -3.00. The van der Waals surface area contributed by atoms with Gasteiger partial charge in [0.05, 0.1) is 17.3 Å². The Balaban J connectivity index is 2.45. The molecule has 3 N–H and O–H groups in total. The number of nitrogens with one attached hydrogen (secondary N) is 1. The molecule has 0 spiro atoms. The van der Waals surface area contributed by atoms with Gasteiger partial charge in [0.1, 0.15) is 17.1 Å². The number of phenols is 2. The van der Waals surface area contributed by atoms with Crippen LogP contribution in [0.25, 0.3) is 0 Å². The number of ether oxygens (including phenoxy) is 1. The third-order valence-corrected chi connectivity index (χ3v) is 4.46. The summed E-state index contributed by atoms with van der Waals surface area (Å²) >= 11 is 6.21. The van der Waals surface area contributed by atoms with E-state index in [9.17, 15) is 19.8 Å². The van der Waals surface area contributed by atoms with Gasteiger partial charge in [0.15, 0.2) is 6.61 Å². The Kier molecular flexibility index (Phi) is 8.54. The van der Waals surface area contributed by atoms with Crippen molar-refractivity contribution in [2.24, 2.45) is 5.16 Å². The van der Waals surface area contributed by atoms with E-state index in [1.807, 2.05) is 18.2 Å². The highest BCUT2D eigenvalue weighted by molar-refractivity contribution is 6.33. The van der Waals surface area contributed by atoms with E-state index in [0.717, 1.165) is 18.9 Å². The number of esters is 1. The molecule has 1 heterocycles. The van der Waals surface area contributed by atoms with Crippen LogP contribution in [0, 0.1) is 0 Å². The number of hydrogen-bond acceptors (Lipinski definition) is 7. The standard InChI is InChI=1S/C20H23ClN2O6/c1-22-17(26)12-29-23-13-8-6-4-2-3-5-7-9-28-20(27)18-14(10-13)19(21)16(25)11-15(18)24/h3,5-6,8,11,24-25H,2,4,7,9-10,12H2,1H3,(H,22,26). The van der Waals surface area contributed by atoms with Crippen LogP contribution >= 0.6 is 11.6 Å². The second kappa shape index (κ2) is 11.1. The third-order valence-electron chi connectivity index (χ3n) is 4.03. The van der Waals surface area contributed by atoms with Gasteiger partial charge >= 0.3 is 5.97 Å². The lowest BCUT2D eigenvalue weighted by atomic mass is 9.99. The minimum absolute atomic E-state index is 0.0364. The molecule has 1 aromatic carbocycles. The highest BCUT2D eigenvalue weighted by Gasteiger charge is 2.24. The summed E-state index contributed by atoms with van der Waals surface area (Å²) in [4.78, 5) is 28.9. The number of benzene rings is 1. The number of aromatic hydroxyl groups is 2. The summed E-state index contributed by atoms with van der Waals surface area (Å²) in [6.45, 7) is -0.150. The Labute approximate surface area is 173 Å². The third kappa shape index (κ3) is 6.53. The summed E-state index contributed by atoms with van der Waals surface area (Å²) in [7, 11) is 1.47. The molecule has 8 nitrogen and oxygen atoms in total. The fourth-order valence-corrected chi connectivity index (χ4v) is 2.78. The van der Waals surface area contributed by atoms with E-state index in [0.29, 0.717) is 12.1 Å². The van der Waals surface area contributed by atoms with Crippen molar-refractivity contribution in [1.82, 2.24) is 5.32 Å². The second-order valence-electron chi connectivity index (χ2n) is 6.16. The first-order valence-electron chi connectivity index (χ1n) is 9.05. The SMILES string of the molecule is CNC(=O)CON=C1C=CCCC=CCCOC(=O)c2c(O)cc(O)c(Cl)c2C1. The molecular weight excluding hydrogens is 400 g/mol. The van der Waals surface area contributed by atoms with Crippen LogP contribution in [0.4, 0.5) is 0 Å². The van der Waals surface area contributed by atoms with Crippen LogP contribution < -0.4 is 5.32 Å². The lowest BCUT2D eigenvalue weighted by Crippen LogP contribution is -2.22. The Morgan fingerprint density at radius 2 is 1.97 bits per heavy atom. The molecule has 1 amide bonds. The quantitative estimate of drug-likeness (QED) is 0.391. The summed E-state index contributed by atoms with van der Waals surface area (Å²) in [5.74, 6) is -1.96. The van der Waals surface area contributed by atoms with E-state index in [1.54, 1.807) is 6.08 Å². The molecule has 0 aliphatic carbocycles. The zero-order valence-electron chi connectivity index (χ0n) is 16.0. The summed E-state index contributed by atoms with van der Waals surface area (Å²) < 4.78 is 5.22. The molecule has 0 bridgehead atoms. The zero-order chi connectivity index (χ0) is 21.2. The second-order valence-corrected chi connectivity index (χ2v) is 6.54. The molecule has 0 radical (unpaired) electrons. The van der Waals surface area contributed by atoms with Crippen molar-refractivity contribution in [3.8, 4) is 11.5 Å². The number of fused-ring (bicyclic) bond motifs is 1. The van der Waals surface area contributed by atoms with Crippen LogP contribution in [0.3, 0.4) is 0 Å². The normalized spacial score (nSPS) is 16.6. The number of carbonyl (C=O) groups excluding carboxylic acids is 2. The van der Waals surface area contributed by atoms with Crippen LogP contribution in [0.15, 0.2) is 35.5 Å². The summed E-state index contributed by atoms with van der Waals surface area (Å²) in [5, 5.41) is 26.5. The largest absolute Gasteiger partial charge is 0.507 e. The highest BCUT2D eigenvalue weighted by Crippen LogP contribution is 2.37. The van der Waals surface area contributed by atoms with E-state index in [-0.39, 0.29) is 47.4 Å². The number of allylic oxidation sites excluding steroid dienone is 3. The molecule has 9 heteroatoms. The Bertz CT molecular complexity index is 848. The lowest BCUT2D eigenvalue weighted by molar-refractivity contribution is -0.125. The maximum absolute atomic E-state index is 12.5. The van der Waals surface area contributed by atoms with Crippen molar-refractivity contribution >= 4 is 29.2 Å². The molecule has 0 saturated heterocycles. The summed E-state index contributed by atoms with van der Waals surface area (Å²) in [5.41, 5.74) is 0.339. The van der Waals surface area contributed by atoms with Crippen molar-refractivity contribution in [2.45, 2.75) is 25.7 Å². The number of amides is 1. The van der Waals surface area contributed by atoms with Crippen molar-refractivity contribution in [2.75, 3.05) is 20.3 Å². The highest BCUT2D eigenvalue weighted by atomic mass is 35.5. The van der Waals surface area contributed by atoms with E-state index in [4.69, 9.17) is 21.2 Å². The average Bonchev–Trinajstić information content (AvgIpc) is 2.69. The molecule has 29 heavy (non-hydrogen) atoms.